The zero-order valence-electron chi connectivity index (χ0n) is 12.3. The number of carbonyl (C=O) groups is 1. The van der Waals surface area contributed by atoms with Gasteiger partial charge in [-0.05, 0) is 30.0 Å². The largest absolute Gasteiger partial charge is 0.282 e. The second kappa shape index (κ2) is 7.29. The van der Waals surface area contributed by atoms with Crippen LogP contribution in [0.25, 0.3) is 6.08 Å². The normalized spacial score (nSPS) is 17.9. The van der Waals surface area contributed by atoms with Crippen LogP contribution in [0.4, 0.5) is 9.52 Å². The van der Waals surface area contributed by atoms with E-state index in [0.717, 1.165) is 11.8 Å². The number of aromatic nitrogens is 1. The molecule has 0 atom stereocenters. The van der Waals surface area contributed by atoms with Gasteiger partial charge < -0.3 is 0 Å². The van der Waals surface area contributed by atoms with E-state index in [0.29, 0.717) is 21.7 Å². The molecule has 0 radical (unpaired) electrons. The first kappa shape index (κ1) is 16.9. The standard InChI is InChI=1S/C16H11ClFN3OS2/c1-2-7-21-14(22)13(9-10-11(17)4-3-5-12(10)18)24-16(21)20-15-19-6-8-23-15/h2-6,8-9H,1,7H2/b13-9-,20-16+. The topological polar surface area (TPSA) is 45.6 Å². The molecular formula is C16H11ClFN3OS2. The first-order valence-electron chi connectivity index (χ1n) is 6.84. The lowest BCUT2D eigenvalue weighted by Gasteiger charge is -2.11. The second-order valence-electron chi connectivity index (χ2n) is 4.66. The number of benzene rings is 1. The molecular weight excluding hydrogens is 369 g/mol. The van der Waals surface area contributed by atoms with Crippen molar-refractivity contribution in [2.24, 2.45) is 4.99 Å². The van der Waals surface area contributed by atoms with Crippen molar-refractivity contribution in [3.05, 3.63) is 63.7 Å². The van der Waals surface area contributed by atoms with Crippen LogP contribution in [0.3, 0.4) is 0 Å². The Balaban J connectivity index is 2.00. The van der Waals surface area contributed by atoms with Crippen molar-refractivity contribution in [2.45, 2.75) is 0 Å². The van der Waals surface area contributed by atoms with E-state index in [-0.39, 0.29) is 16.5 Å². The summed E-state index contributed by atoms with van der Waals surface area (Å²) < 4.78 is 14.0. The average Bonchev–Trinajstić information content (AvgIpc) is 3.15. The molecule has 1 aliphatic rings. The minimum atomic E-state index is -0.482. The zero-order chi connectivity index (χ0) is 17.1. The third-order valence-electron chi connectivity index (χ3n) is 3.09. The molecule has 0 bridgehead atoms. The zero-order valence-corrected chi connectivity index (χ0v) is 14.7. The molecule has 1 aromatic heterocycles. The van der Waals surface area contributed by atoms with Crippen LogP contribution >= 0.6 is 34.7 Å². The molecule has 1 saturated heterocycles. The Bertz CT molecular complexity index is 829. The summed E-state index contributed by atoms with van der Waals surface area (Å²) in [5, 5.41) is 3.07. The van der Waals surface area contributed by atoms with Gasteiger partial charge in [-0.3, -0.25) is 9.69 Å². The molecule has 24 heavy (non-hydrogen) atoms. The summed E-state index contributed by atoms with van der Waals surface area (Å²) in [7, 11) is 0. The minimum absolute atomic E-state index is 0.184. The van der Waals surface area contributed by atoms with Gasteiger partial charge in [0, 0.05) is 23.7 Å². The first-order valence-corrected chi connectivity index (χ1v) is 8.92. The quantitative estimate of drug-likeness (QED) is 0.570. The lowest BCUT2D eigenvalue weighted by molar-refractivity contribution is -0.121. The highest BCUT2D eigenvalue weighted by molar-refractivity contribution is 8.18. The van der Waals surface area contributed by atoms with Crippen molar-refractivity contribution in [2.75, 3.05) is 6.54 Å². The van der Waals surface area contributed by atoms with Crippen LogP contribution in [0.2, 0.25) is 5.02 Å². The smallest absolute Gasteiger partial charge is 0.267 e. The Hall–Kier alpha value is -1.96. The van der Waals surface area contributed by atoms with Gasteiger partial charge >= 0.3 is 0 Å². The van der Waals surface area contributed by atoms with E-state index in [1.54, 1.807) is 23.7 Å². The molecule has 122 valence electrons. The molecule has 1 aliphatic heterocycles. The maximum absolute atomic E-state index is 14.0. The van der Waals surface area contributed by atoms with Gasteiger partial charge in [0.1, 0.15) is 5.82 Å². The minimum Gasteiger partial charge on any atom is -0.282 e. The Labute approximate surface area is 151 Å². The van der Waals surface area contributed by atoms with Crippen LogP contribution in [-0.2, 0) is 4.79 Å². The SMILES string of the molecule is C=CCN1C(=O)/C(=C/c2c(F)cccc2Cl)S/C1=N/c1nccs1. The Morgan fingerprint density at radius 1 is 1.46 bits per heavy atom. The average molecular weight is 380 g/mol. The van der Waals surface area contributed by atoms with Crippen molar-refractivity contribution in [1.82, 2.24) is 9.88 Å². The van der Waals surface area contributed by atoms with E-state index >= 15 is 0 Å². The number of thiazole rings is 1. The molecule has 0 unspecified atom stereocenters. The number of carbonyl (C=O) groups excluding carboxylic acids is 1. The number of amides is 1. The molecule has 2 heterocycles. The van der Waals surface area contributed by atoms with Crippen molar-refractivity contribution in [1.29, 1.82) is 0 Å². The van der Waals surface area contributed by atoms with Crippen molar-refractivity contribution in [3.8, 4) is 0 Å². The summed E-state index contributed by atoms with van der Waals surface area (Å²) in [4.78, 5) is 22.9. The van der Waals surface area contributed by atoms with E-state index in [1.165, 1.54) is 34.4 Å². The van der Waals surface area contributed by atoms with E-state index in [1.807, 2.05) is 0 Å². The number of rotatable bonds is 4. The van der Waals surface area contributed by atoms with E-state index in [2.05, 4.69) is 16.6 Å². The number of nitrogens with zero attached hydrogens (tertiary/aromatic N) is 3. The molecule has 0 saturated carbocycles. The van der Waals surface area contributed by atoms with Gasteiger partial charge in [-0.15, -0.1) is 17.9 Å². The molecule has 3 rings (SSSR count). The van der Waals surface area contributed by atoms with Gasteiger partial charge in [0.15, 0.2) is 5.17 Å². The summed E-state index contributed by atoms with van der Waals surface area (Å²) in [5.41, 5.74) is 0.184. The molecule has 1 amide bonds. The second-order valence-corrected chi connectivity index (χ2v) is 6.95. The molecule has 1 fully saturated rings. The summed E-state index contributed by atoms with van der Waals surface area (Å²) in [6, 6.07) is 4.39. The van der Waals surface area contributed by atoms with Gasteiger partial charge in [-0.25, -0.2) is 9.37 Å². The van der Waals surface area contributed by atoms with Crippen LogP contribution in [-0.4, -0.2) is 27.5 Å². The van der Waals surface area contributed by atoms with E-state index in [4.69, 9.17) is 11.6 Å². The summed E-state index contributed by atoms with van der Waals surface area (Å²) >= 11 is 8.55. The van der Waals surface area contributed by atoms with Gasteiger partial charge in [-0.2, -0.15) is 4.99 Å². The highest BCUT2D eigenvalue weighted by Gasteiger charge is 2.33. The van der Waals surface area contributed by atoms with Crippen LogP contribution in [0, 0.1) is 5.82 Å². The van der Waals surface area contributed by atoms with Crippen molar-refractivity contribution >= 4 is 57.0 Å². The molecule has 8 heteroatoms. The van der Waals surface area contributed by atoms with Gasteiger partial charge in [0.05, 0.1) is 9.93 Å². The van der Waals surface area contributed by atoms with Gasteiger partial charge in [-0.1, -0.05) is 23.7 Å². The Morgan fingerprint density at radius 2 is 2.29 bits per heavy atom. The van der Waals surface area contributed by atoms with Crippen LogP contribution < -0.4 is 0 Å². The third-order valence-corrected chi connectivity index (χ3v) is 5.09. The molecule has 1 aromatic carbocycles. The summed E-state index contributed by atoms with van der Waals surface area (Å²) in [6.45, 7) is 3.96. The highest BCUT2D eigenvalue weighted by atomic mass is 35.5. The lowest BCUT2D eigenvalue weighted by Crippen LogP contribution is -2.29. The number of amidine groups is 1. The molecule has 0 spiro atoms. The number of halogens is 2. The number of thioether (sulfide) groups is 1. The van der Waals surface area contributed by atoms with Crippen molar-refractivity contribution in [3.63, 3.8) is 0 Å². The fourth-order valence-corrected chi connectivity index (χ4v) is 3.76. The van der Waals surface area contributed by atoms with Gasteiger partial charge in [0.25, 0.3) is 5.91 Å². The van der Waals surface area contributed by atoms with E-state index < -0.39 is 5.82 Å². The maximum Gasteiger partial charge on any atom is 0.267 e. The Kier molecular flexibility index (Phi) is 5.13. The number of aliphatic imine (C=N–C) groups is 1. The summed E-state index contributed by atoms with van der Waals surface area (Å²) in [5.74, 6) is -0.751. The fourth-order valence-electron chi connectivity index (χ4n) is 2.01. The fraction of sp³-hybridized carbons (Fsp3) is 0.0625. The predicted octanol–water partition coefficient (Wildman–Crippen LogP) is 4.73. The Morgan fingerprint density at radius 3 is 2.96 bits per heavy atom. The van der Waals surface area contributed by atoms with Gasteiger partial charge in [0.2, 0.25) is 5.13 Å². The summed E-state index contributed by atoms with van der Waals surface area (Å²) in [6.07, 6.45) is 4.69. The molecule has 0 N–H and O–H groups in total. The monoisotopic (exact) mass is 379 g/mol. The number of hydrogen-bond donors (Lipinski definition) is 0. The van der Waals surface area contributed by atoms with Crippen molar-refractivity contribution < 1.29 is 9.18 Å². The van der Waals surface area contributed by atoms with Crippen LogP contribution in [0.15, 0.2) is 52.3 Å². The van der Waals surface area contributed by atoms with E-state index in [9.17, 15) is 9.18 Å². The molecule has 2 aromatic rings. The predicted molar refractivity (Wildman–Crippen MR) is 98.1 cm³/mol. The number of hydrogen-bond acceptors (Lipinski definition) is 5. The molecule has 4 nitrogen and oxygen atoms in total. The molecule has 0 aliphatic carbocycles. The lowest BCUT2D eigenvalue weighted by atomic mass is 10.2. The first-order chi connectivity index (χ1) is 11.6. The van der Waals surface area contributed by atoms with Crippen LogP contribution in [0.1, 0.15) is 5.56 Å². The van der Waals surface area contributed by atoms with Crippen LogP contribution in [0.5, 0.6) is 0 Å². The third kappa shape index (κ3) is 3.43. The maximum atomic E-state index is 14.0. The highest BCUT2D eigenvalue weighted by Crippen LogP contribution is 2.35.